The minimum absolute atomic E-state index is 0.593. The third-order valence-corrected chi connectivity index (χ3v) is 4.17. The van der Waals surface area contributed by atoms with Crippen molar-refractivity contribution < 1.29 is 0 Å². The number of H-pyrrole nitrogens is 1. The van der Waals surface area contributed by atoms with Crippen LogP contribution in [0.2, 0.25) is 0 Å². The molecule has 1 aliphatic heterocycles. The highest BCUT2D eigenvalue weighted by molar-refractivity contribution is 5.64. The zero-order valence-electron chi connectivity index (χ0n) is 12.7. The molecule has 0 bridgehead atoms. The summed E-state index contributed by atoms with van der Waals surface area (Å²) in [7, 11) is 0. The van der Waals surface area contributed by atoms with Crippen molar-refractivity contribution in [2.45, 2.75) is 32.2 Å². The van der Waals surface area contributed by atoms with Gasteiger partial charge in [0.2, 0.25) is 0 Å². The van der Waals surface area contributed by atoms with E-state index in [4.69, 9.17) is 0 Å². The highest BCUT2D eigenvalue weighted by Crippen LogP contribution is 2.22. The van der Waals surface area contributed by atoms with Crippen molar-refractivity contribution in [3.8, 4) is 11.3 Å². The number of rotatable bonds is 5. The minimum Gasteiger partial charge on any atom is -0.382 e. The van der Waals surface area contributed by atoms with Crippen LogP contribution in [0.1, 0.15) is 26.2 Å². The van der Waals surface area contributed by atoms with Crippen LogP contribution in [0, 0.1) is 0 Å². The van der Waals surface area contributed by atoms with E-state index in [-0.39, 0.29) is 0 Å². The van der Waals surface area contributed by atoms with Gasteiger partial charge in [0.25, 0.3) is 0 Å². The first kappa shape index (κ1) is 14.1. The lowest BCUT2D eigenvalue weighted by Gasteiger charge is -2.32. The van der Waals surface area contributed by atoms with E-state index < -0.39 is 0 Å². The van der Waals surface area contributed by atoms with Crippen LogP contribution in [0.5, 0.6) is 0 Å². The summed E-state index contributed by atoms with van der Waals surface area (Å²) >= 11 is 0. The van der Waals surface area contributed by atoms with Gasteiger partial charge < -0.3 is 10.2 Å². The fraction of sp³-hybridized carbons (Fsp3) is 0.471. The maximum Gasteiger partial charge on any atom is 0.0650 e. The van der Waals surface area contributed by atoms with Crippen molar-refractivity contribution in [1.82, 2.24) is 15.1 Å². The van der Waals surface area contributed by atoms with Crippen molar-refractivity contribution in [1.29, 1.82) is 0 Å². The van der Waals surface area contributed by atoms with Gasteiger partial charge in [-0.1, -0.05) is 19.1 Å². The second kappa shape index (κ2) is 6.76. The molecule has 4 nitrogen and oxygen atoms in total. The molecule has 1 saturated heterocycles. The summed E-state index contributed by atoms with van der Waals surface area (Å²) in [6.07, 6.45) is 5.51. The molecular formula is C17H24N4. The maximum absolute atomic E-state index is 4.02. The Labute approximate surface area is 126 Å². The zero-order chi connectivity index (χ0) is 14.5. The standard InChI is InChI=1S/C17H24N4/c1-2-10-21-11-7-15(8-12-21)19-16-5-3-4-14(13-16)17-6-9-18-20-17/h3-6,9,13,15,19H,2,7-8,10-12H2,1H3,(H,18,20). The molecule has 0 unspecified atom stereocenters. The largest absolute Gasteiger partial charge is 0.382 e. The minimum atomic E-state index is 0.593. The first-order chi connectivity index (χ1) is 10.3. The van der Waals surface area contributed by atoms with E-state index in [1.165, 1.54) is 50.1 Å². The Morgan fingerprint density at radius 2 is 2.14 bits per heavy atom. The van der Waals surface area contributed by atoms with E-state index in [9.17, 15) is 0 Å². The highest BCUT2D eigenvalue weighted by Gasteiger charge is 2.18. The van der Waals surface area contributed by atoms with Gasteiger partial charge in [-0.2, -0.15) is 5.10 Å². The van der Waals surface area contributed by atoms with E-state index >= 15 is 0 Å². The van der Waals surface area contributed by atoms with Crippen LogP contribution in [0.3, 0.4) is 0 Å². The van der Waals surface area contributed by atoms with Gasteiger partial charge >= 0.3 is 0 Å². The number of anilines is 1. The number of nitrogens with one attached hydrogen (secondary N) is 2. The molecule has 1 aliphatic rings. The van der Waals surface area contributed by atoms with Gasteiger partial charge in [0.05, 0.1) is 5.69 Å². The van der Waals surface area contributed by atoms with Gasteiger partial charge in [0.1, 0.15) is 0 Å². The summed E-state index contributed by atoms with van der Waals surface area (Å²) in [6, 6.07) is 11.2. The fourth-order valence-electron chi connectivity index (χ4n) is 3.05. The molecular weight excluding hydrogens is 260 g/mol. The summed E-state index contributed by atoms with van der Waals surface area (Å²) in [4.78, 5) is 2.57. The number of piperidine rings is 1. The average molecular weight is 284 g/mol. The van der Waals surface area contributed by atoms with Crippen molar-refractivity contribution in [2.75, 3.05) is 25.0 Å². The van der Waals surface area contributed by atoms with Crippen LogP contribution < -0.4 is 5.32 Å². The Kier molecular flexibility index (Phi) is 4.55. The van der Waals surface area contributed by atoms with E-state index in [1.807, 2.05) is 6.07 Å². The van der Waals surface area contributed by atoms with Gasteiger partial charge in [-0.05, 0) is 44.0 Å². The molecule has 1 aromatic carbocycles. The fourth-order valence-corrected chi connectivity index (χ4v) is 3.05. The Bertz CT molecular complexity index is 542. The molecule has 3 rings (SSSR count). The Morgan fingerprint density at radius 3 is 2.86 bits per heavy atom. The smallest absolute Gasteiger partial charge is 0.0650 e. The zero-order valence-corrected chi connectivity index (χ0v) is 12.7. The lowest BCUT2D eigenvalue weighted by molar-refractivity contribution is 0.219. The quantitative estimate of drug-likeness (QED) is 0.885. The van der Waals surface area contributed by atoms with Crippen LogP contribution in [-0.4, -0.2) is 40.8 Å². The number of aromatic amines is 1. The summed E-state index contributed by atoms with van der Waals surface area (Å²) in [5, 5.41) is 10.7. The molecule has 1 aromatic heterocycles. The normalized spacial score (nSPS) is 17.0. The molecule has 1 fully saturated rings. The van der Waals surface area contributed by atoms with E-state index in [0.29, 0.717) is 6.04 Å². The lowest BCUT2D eigenvalue weighted by Crippen LogP contribution is -2.39. The summed E-state index contributed by atoms with van der Waals surface area (Å²) in [5.41, 5.74) is 3.45. The summed E-state index contributed by atoms with van der Waals surface area (Å²) in [6.45, 7) is 5.92. The second-order valence-electron chi connectivity index (χ2n) is 5.81. The summed E-state index contributed by atoms with van der Waals surface area (Å²) in [5.74, 6) is 0. The van der Waals surface area contributed by atoms with E-state index in [0.717, 1.165) is 5.69 Å². The van der Waals surface area contributed by atoms with E-state index in [2.05, 4.69) is 51.6 Å². The second-order valence-corrected chi connectivity index (χ2v) is 5.81. The molecule has 0 saturated carbocycles. The molecule has 0 radical (unpaired) electrons. The Hall–Kier alpha value is -1.81. The number of benzene rings is 1. The third kappa shape index (κ3) is 3.64. The van der Waals surface area contributed by atoms with Gasteiger partial charge in [0.15, 0.2) is 0 Å². The third-order valence-electron chi connectivity index (χ3n) is 4.17. The van der Waals surface area contributed by atoms with Gasteiger partial charge in [-0.3, -0.25) is 5.10 Å². The Morgan fingerprint density at radius 1 is 1.29 bits per heavy atom. The number of aromatic nitrogens is 2. The molecule has 2 heterocycles. The number of hydrogen-bond acceptors (Lipinski definition) is 3. The van der Waals surface area contributed by atoms with Gasteiger partial charge in [-0.15, -0.1) is 0 Å². The first-order valence-corrected chi connectivity index (χ1v) is 7.94. The number of hydrogen-bond donors (Lipinski definition) is 2. The Balaban J connectivity index is 1.60. The van der Waals surface area contributed by atoms with Crippen LogP contribution in [0.15, 0.2) is 36.5 Å². The van der Waals surface area contributed by atoms with Crippen molar-refractivity contribution >= 4 is 5.69 Å². The molecule has 0 amide bonds. The van der Waals surface area contributed by atoms with Crippen molar-refractivity contribution in [2.24, 2.45) is 0 Å². The van der Waals surface area contributed by atoms with Crippen LogP contribution in [0.4, 0.5) is 5.69 Å². The SMILES string of the molecule is CCCN1CCC(Nc2cccc(-c3ccn[nH]3)c2)CC1. The molecule has 0 spiro atoms. The maximum atomic E-state index is 4.02. The van der Waals surface area contributed by atoms with Crippen molar-refractivity contribution in [3.05, 3.63) is 36.5 Å². The summed E-state index contributed by atoms with van der Waals surface area (Å²) < 4.78 is 0. The number of likely N-dealkylation sites (tertiary alicyclic amines) is 1. The molecule has 112 valence electrons. The predicted octanol–water partition coefficient (Wildman–Crippen LogP) is 3.36. The predicted molar refractivity (Wildman–Crippen MR) is 87.4 cm³/mol. The van der Waals surface area contributed by atoms with Gasteiger partial charge in [-0.25, -0.2) is 0 Å². The highest BCUT2D eigenvalue weighted by atomic mass is 15.1. The average Bonchev–Trinajstić information content (AvgIpc) is 3.04. The van der Waals surface area contributed by atoms with Gasteiger partial charge in [0, 0.05) is 36.6 Å². The van der Waals surface area contributed by atoms with Crippen molar-refractivity contribution in [3.63, 3.8) is 0 Å². The molecule has 21 heavy (non-hydrogen) atoms. The molecule has 0 atom stereocenters. The van der Waals surface area contributed by atoms with Crippen LogP contribution in [0.25, 0.3) is 11.3 Å². The van der Waals surface area contributed by atoms with E-state index in [1.54, 1.807) is 6.20 Å². The molecule has 0 aliphatic carbocycles. The topological polar surface area (TPSA) is 44.0 Å². The molecule has 4 heteroatoms. The lowest BCUT2D eigenvalue weighted by atomic mass is 10.0. The molecule has 2 aromatic rings. The monoisotopic (exact) mass is 284 g/mol. The molecule has 2 N–H and O–H groups in total. The van der Waals surface area contributed by atoms with Crippen LogP contribution in [-0.2, 0) is 0 Å². The first-order valence-electron chi connectivity index (χ1n) is 7.94. The number of nitrogens with zero attached hydrogens (tertiary/aromatic N) is 2. The van der Waals surface area contributed by atoms with Crippen LogP contribution >= 0.6 is 0 Å².